The number of nitrogens with zero attached hydrogens (tertiary/aromatic N) is 3. The maximum absolute atomic E-state index is 4.98. The van der Waals surface area contributed by atoms with Crippen molar-refractivity contribution in [1.82, 2.24) is 15.0 Å². The smallest absolute Gasteiger partial charge is 0.212 e. The number of hydrogen-bond acceptors (Lipinski definition) is 5. The maximum Gasteiger partial charge on any atom is 0.212 e. The fraction of sp³-hybridized carbons (Fsp3) is 0.182. The van der Waals surface area contributed by atoms with Gasteiger partial charge in [0.25, 0.3) is 0 Å². The summed E-state index contributed by atoms with van der Waals surface area (Å²) in [7, 11) is 1.60. The molecule has 0 fully saturated rings. The molecule has 0 aliphatic heterocycles. The molecular formula is C11H12N4O. The average molecular weight is 216 g/mol. The van der Waals surface area contributed by atoms with Crippen LogP contribution in [0.3, 0.4) is 0 Å². The first-order valence-corrected chi connectivity index (χ1v) is 4.86. The molecule has 16 heavy (non-hydrogen) atoms. The van der Waals surface area contributed by atoms with Crippen LogP contribution in [0.25, 0.3) is 0 Å². The van der Waals surface area contributed by atoms with E-state index in [9.17, 15) is 0 Å². The van der Waals surface area contributed by atoms with Crippen LogP contribution in [0.1, 0.15) is 5.56 Å². The fourth-order valence-electron chi connectivity index (χ4n) is 1.23. The van der Waals surface area contributed by atoms with Crippen molar-refractivity contribution in [3.8, 4) is 5.88 Å². The van der Waals surface area contributed by atoms with Crippen molar-refractivity contribution in [1.29, 1.82) is 0 Å². The van der Waals surface area contributed by atoms with E-state index in [2.05, 4.69) is 20.3 Å². The number of pyridine rings is 1. The van der Waals surface area contributed by atoms with Crippen LogP contribution in [0, 0.1) is 0 Å². The van der Waals surface area contributed by atoms with Gasteiger partial charge in [-0.2, -0.15) is 0 Å². The minimum atomic E-state index is 0.617. The molecule has 0 saturated heterocycles. The minimum absolute atomic E-state index is 0.617. The van der Waals surface area contributed by atoms with E-state index in [1.165, 1.54) is 6.33 Å². The normalized spacial score (nSPS) is 9.81. The lowest BCUT2D eigenvalue weighted by molar-refractivity contribution is 0.397. The van der Waals surface area contributed by atoms with E-state index in [1.54, 1.807) is 25.7 Å². The summed E-state index contributed by atoms with van der Waals surface area (Å²) in [6, 6.07) is 3.79. The third kappa shape index (κ3) is 2.66. The van der Waals surface area contributed by atoms with Crippen molar-refractivity contribution in [3.63, 3.8) is 0 Å². The molecule has 2 heterocycles. The Bertz CT molecular complexity index is 429. The van der Waals surface area contributed by atoms with Gasteiger partial charge in [-0.25, -0.2) is 15.0 Å². The summed E-state index contributed by atoms with van der Waals surface area (Å²) in [5.74, 6) is 0.617. The summed E-state index contributed by atoms with van der Waals surface area (Å²) < 4.78 is 4.98. The summed E-state index contributed by atoms with van der Waals surface area (Å²) in [6.45, 7) is 0.685. The number of nitrogens with one attached hydrogen (secondary N) is 1. The summed E-state index contributed by atoms with van der Waals surface area (Å²) in [5.41, 5.74) is 1.96. The zero-order valence-corrected chi connectivity index (χ0v) is 8.92. The molecule has 0 atom stereocenters. The van der Waals surface area contributed by atoms with E-state index in [1.807, 2.05) is 12.1 Å². The van der Waals surface area contributed by atoms with Gasteiger partial charge in [0.05, 0.1) is 25.2 Å². The molecule has 0 aliphatic rings. The molecule has 2 aromatic heterocycles. The Morgan fingerprint density at radius 2 is 2.00 bits per heavy atom. The molecule has 0 unspecified atom stereocenters. The van der Waals surface area contributed by atoms with Crippen molar-refractivity contribution in [2.24, 2.45) is 0 Å². The first-order chi connectivity index (χ1) is 7.88. The topological polar surface area (TPSA) is 59.9 Å². The highest BCUT2D eigenvalue weighted by molar-refractivity contribution is 5.38. The molecule has 2 aromatic rings. The molecular weight excluding hydrogens is 204 g/mol. The first kappa shape index (κ1) is 10.4. The number of ether oxygens (including phenoxy) is 1. The zero-order chi connectivity index (χ0) is 11.2. The number of aromatic nitrogens is 3. The van der Waals surface area contributed by atoms with Crippen molar-refractivity contribution < 1.29 is 4.74 Å². The van der Waals surface area contributed by atoms with Gasteiger partial charge in [-0.1, -0.05) is 6.07 Å². The summed E-state index contributed by atoms with van der Waals surface area (Å²) in [6.07, 6.45) is 6.73. The Labute approximate surface area is 93.5 Å². The molecule has 2 rings (SSSR count). The van der Waals surface area contributed by atoms with Crippen LogP contribution in [0.2, 0.25) is 0 Å². The van der Waals surface area contributed by atoms with Crippen molar-refractivity contribution in [3.05, 3.63) is 42.6 Å². The van der Waals surface area contributed by atoms with Crippen molar-refractivity contribution >= 4 is 5.69 Å². The van der Waals surface area contributed by atoms with Gasteiger partial charge in [-0.3, -0.25) is 0 Å². The van der Waals surface area contributed by atoms with Gasteiger partial charge in [-0.15, -0.1) is 0 Å². The Hall–Kier alpha value is -2.17. The van der Waals surface area contributed by atoms with Crippen LogP contribution >= 0.6 is 0 Å². The van der Waals surface area contributed by atoms with E-state index in [0.717, 1.165) is 11.3 Å². The molecule has 5 heteroatoms. The van der Waals surface area contributed by atoms with Gasteiger partial charge in [0.15, 0.2) is 0 Å². The lowest BCUT2D eigenvalue weighted by Crippen LogP contribution is -2.00. The second-order valence-corrected chi connectivity index (χ2v) is 3.19. The lowest BCUT2D eigenvalue weighted by atomic mass is 10.3. The van der Waals surface area contributed by atoms with Gasteiger partial charge in [0, 0.05) is 18.8 Å². The number of hydrogen-bond donors (Lipinski definition) is 1. The first-order valence-electron chi connectivity index (χ1n) is 4.86. The van der Waals surface area contributed by atoms with Crippen LogP contribution in [-0.2, 0) is 6.54 Å². The lowest BCUT2D eigenvalue weighted by Gasteiger charge is -2.05. The Morgan fingerprint density at radius 3 is 2.62 bits per heavy atom. The summed E-state index contributed by atoms with van der Waals surface area (Å²) >= 11 is 0. The molecule has 0 saturated carbocycles. The van der Waals surface area contributed by atoms with Gasteiger partial charge < -0.3 is 10.1 Å². The zero-order valence-electron chi connectivity index (χ0n) is 8.92. The van der Waals surface area contributed by atoms with Crippen molar-refractivity contribution in [2.75, 3.05) is 12.4 Å². The Kier molecular flexibility index (Phi) is 3.28. The third-order valence-corrected chi connectivity index (χ3v) is 2.06. The molecule has 0 aliphatic carbocycles. The highest BCUT2D eigenvalue weighted by atomic mass is 16.5. The molecule has 0 amide bonds. The minimum Gasteiger partial charge on any atom is -0.481 e. The fourth-order valence-corrected chi connectivity index (χ4v) is 1.23. The summed E-state index contributed by atoms with van der Waals surface area (Å²) in [4.78, 5) is 11.9. The van der Waals surface area contributed by atoms with Crippen LogP contribution in [0.4, 0.5) is 5.69 Å². The Morgan fingerprint density at radius 1 is 1.19 bits per heavy atom. The summed E-state index contributed by atoms with van der Waals surface area (Å²) in [5, 5.41) is 3.19. The van der Waals surface area contributed by atoms with Gasteiger partial charge in [0.1, 0.15) is 6.33 Å². The highest BCUT2D eigenvalue weighted by Gasteiger charge is 1.96. The maximum atomic E-state index is 4.98. The highest BCUT2D eigenvalue weighted by Crippen LogP contribution is 2.08. The predicted octanol–water partition coefficient (Wildman–Crippen LogP) is 1.49. The standard InChI is InChI=1S/C11H12N4O/c1-16-11-3-2-9(5-15-11)4-14-10-6-12-8-13-7-10/h2-3,5-8,14H,4H2,1H3. The van der Waals surface area contributed by atoms with Crippen LogP contribution in [0.15, 0.2) is 37.1 Å². The molecule has 5 nitrogen and oxygen atoms in total. The van der Waals surface area contributed by atoms with Crippen LogP contribution < -0.4 is 10.1 Å². The van der Waals surface area contributed by atoms with Crippen molar-refractivity contribution in [2.45, 2.75) is 6.54 Å². The number of methoxy groups -OCH3 is 1. The molecule has 0 bridgehead atoms. The second-order valence-electron chi connectivity index (χ2n) is 3.19. The van der Waals surface area contributed by atoms with E-state index in [0.29, 0.717) is 12.4 Å². The quantitative estimate of drug-likeness (QED) is 0.839. The molecule has 82 valence electrons. The largest absolute Gasteiger partial charge is 0.481 e. The third-order valence-electron chi connectivity index (χ3n) is 2.06. The van der Waals surface area contributed by atoms with Gasteiger partial charge in [-0.05, 0) is 5.56 Å². The van der Waals surface area contributed by atoms with E-state index < -0.39 is 0 Å². The average Bonchev–Trinajstić information content (AvgIpc) is 2.38. The molecule has 0 radical (unpaired) electrons. The van der Waals surface area contributed by atoms with Gasteiger partial charge in [0.2, 0.25) is 5.88 Å². The van der Waals surface area contributed by atoms with E-state index >= 15 is 0 Å². The number of anilines is 1. The van der Waals surface area contributed by atoms with Crippen LogP contribution in [0.5, 0.6) is 5.88 Å². The second kappa shape index (κ2) is 5.06. The van der Waals surface area contributed by atoms with Crippen LogP contribution in [-0.4, -0.2) is 22.1 Å². The van der Waals surface area contributed by atoms with Gasteiger partial charge >= 0.3 is 0 Å². The van der Waals surface area contributed by atoms with E-state index in [-0.39, 0.29) is 0 Å². The molecule has 0 aromatic carbocycles. The predicted molar refractivity (Wildman–Crippen MR) is 60.1 cm³/mol. The molecule has 0 spiro atoms. The SMILES string of the molecule is COc1ccc(CNc2cncnc2)cn1. The molecule has 1 N–H and O–H groups in total. The van der Waals surface area contributed by atoms with E-state index in [4.69, 9.17) is 4.74 Å². The monoisotopic (exact) mass is 216 g/mol. The Balaban J connectivity index is 1.94. The number of rotatable bonds is 4.